The van der Waals surface area contributed by atoms with Crippen LogP contribution in [0.15, 0.2) is 47.4 Å². The Balaban J connectivity index is 1.59. The van der Waals surface area contributed by atoms with Crippen LogP contribution in [0.5, 0.6) is 0 Å². The van der Waals surface area contributed by atoms with Crippen molar-refractivity contribution in [2.24, 2.45) is 5.92 Å². The molecular formula is C24H31N3O4S. The van der Waals surface area contributed by atoms with Crippen LogP contribution in [0.1, 0.15) is 39.9 Å². The van der Waals surface area contributed by atoms with Crippen molar-refractivity contribution in [3.8, 4) is 0 Å². The lowest BCUT2D eigenvalue weighted by Crippen LogP contribution is -2.43. The van der Waals surface area contributed by atoms with Gasteiger partial charge >= 0.3 is 0 Å². The number of carbonyl (C=O) groups is 2. The molecule has 1 N–H and O–H groups in total. The van der Waals surface area contributed by atoms with Crippen molar-refractivity contribution in [3.63, 3.8) is 0 Å². The van der Waals surface area contributed by atoms with Gasteiger partial charge in [-0.2, -0.15) is 4.31 Å². The van der Waals surface area contributed by atoms with E-state index in [2.05, 4.69) is 5.32 Å². The third-order valence-electron chi connectivity index (χ3n) is 5.99. The highest BCUT2D eigenvalue weighted by molar-refractivity contribution is 7.89. The smallest absolute Gasteiger partial charge is 0.251 e. The molecule has 0 aliphatic carbocycles. The van der Waals surface area contributed by atoms with Crippen LogP contribution in [0.4, 0.5) is 0 Å². The monoisotopic (exact) mass is 457 g/mol. The molecular weight excluding hydrogens is 426 g/mol. The summed E-state index contributed by atoms with van der Waals surface area (Å²) >= 11 is 0. The number of carbonyl (C=O) groups excluding carboxylic acids is 2. The Morgan fingerprint density at radius 3 is 2.25 bits per heavy atom. The number of amides is 2. The maximum absolute atomic E-state index is 13.1. The molecule has 1 aliphatic heterocycles. The molecule has 7 nitrogen and oxygen atoms in total. The molecule has 32 heavy (non-hydrogen) atoms. The van der Waals surface area contributed by atoms with E-state index in [-0.39, 0.29) is 17.7 Å². The minimum atomic E-state index is -3.57. The second-order valence-corrected chi connectivity index (χ2v) is 10.3. The van der Waals surface area contributed by atoms with E-state index >= 15 is 0 Å². The van der Waals surface area contributed by atoms with Gasteiger partial charge in [0.2, 0.25) is 15.9 Å². The van der Waals surface area contributed by atoms with Gasteiger partial charge in [0.1, 0.15) is 0 Å². The van der Waals surface area contributed by atoms with Crippen molar-refractivity contribution < 1.29 is 18.0 Å². The summed E-state index contributed by atoms with van der Waals surface area (Å²) in [6, 6.07) is 12.5. The van der Waals surface area contributed by atoms with Gasteiger partial charge in [0.25, 0.3) is 5.91 Å². The predicted molar refractivity (Wildman–Crippen MR) is 124 cm³/mol. The average molecular weight is 458 g/mol. The lowest BCUT2D eigenvalue weighted by atomic mass is 9.96. The molecule has 1 fully saturated rings. The maximum Gasteiger partial charge on any atom is 0.251 e. The van der Waals surface area contributed by atoms with Gasteiger partial charge in [-0.05, 0) is 56.0 Å². The summed E-state index contributed by atoms with van der Waals surface area (Å²) in [7, 11) is -0.223. The molecule has 0 unspecified atom stereocenters. The lowest BCUT2D eigenvalue weighted by molar-refractivity contribution is -0.135. The van der Waals surface area contributed by atoms with Crippen LogP contribution in [-0.4, -0.2) is 56.6 Å². The van der Waals surface area contributed by atoms with Crippen molar-refractivity contribution in [3.05, 3.63) is 64.7 Å². The molecule has 2 amide bonds. The van der Waals surface area contributed by atoms with E-state index in [0.29, 0.717) is 42.9 Å². The van der Waals surface area contributed by atoms with Gasteiger partial charge in [0, 0.05) is 45.2 Å². The van der Waals surface area contributed by atoms with Gasteiger partial charge in [-0.15, -0.1) is 0 Å². The van der Waals surface area contributed by atoms with Crippen LogP contribution in [0.25, 0.3) is 0 Å². The first-order valence-corrected chi connectivity index (χ1v) is 12.2. The van der Waals surface area contributed by atoms with E-state index < -0.39 is 10.0 Å². The number of piperidine rings is 1. The van der Waals surface area contributed by atoms with Crippen molar-refractivity contribution in [1.29, 1.82) is 0 Å². The summed E-state index contributed by atoms with van der Waals surface area (Å²) in [6.07, 6.45) is 1.01. The molecule has 0 spiro atoms. The summed E-state index contributed by atoms with van der Waals surface area (Å²) in [5.74, 6) is -0.330. The van der Waals surface area contributed by atoms with Crippen LogP contribution >= 0.6 is 0 Å². The van der Waals surface area contributed by atoms with Crippen molar-refractivity contribution in [1.82, 2.24) is 14.5 Å². The van der Waals surface area contributed by atoms with Crippen LogP contribution in [0.3, 0.4) is 0 Å². The topological polar surface area (TPSA) is 86.8 Å². The average Bonchev–Trinajstić information content (AvgIpc) is 2.78. The summed E-state index contributed by atoms with van der Waals surface area (Å²) in [5.41, 5.74) is 3.27. The Bertz CT molecular complexity index is 1090. The zero-order valence-corrected chi connectivity index (χ0v) is 19.9. The van der Waals surface area contributed by atoms with Crippen molar-refractivity contribution in [2.75, 3.05) is 27.2 Å². The molecule has 1 heterocycles. The fourth-order valence-electron chi connectivity index (χ4n) is 4.14. The molecule has 1 aliphatic rings. The van der Waals surface area contributed by atoms with Crippen LogP contribution < -0.4 is 5.32 Å². The summed E-state index contributed by atoms with van der Waals surface area (Å²) in [6.45, 7) is 4.86. The largest absolute Gasteiger partial charge is 0.355 e. The minimum absolute atomic E-state index is 0.0175. The van der Waals surface area contributed by atoms with E-state index in [0.717, 1.165) is 16.7 Å². The molecule has 0 atom stereocenters. The lowest BCUT2D eigenvalue weighted by Gasteiger charge is -2.33. The Hall–Kier alpha value is -2.71. The number of hydrogen-bond acceptors (Lipinski definition) is 4. The Morgan fingerprint density at radius 1 is 1.06 bits per heavy atom. The van der Waals surface area contributed by atoms with E-state index in [1.54, 1.807) is 37.2 Å². The molecule has 2 aromatic rings. The molecule has 172 valence electrons. The van der Waals surface area contributed by atoms with Gasteiger partial charge in [0.05, 0.1) is 4.90 Å². The first-order valence-electron chi connectivity index (χ1n) is 10.8. The van der Waals surface area contributed by atoms with Crippen LogP contribution in [0.2, 0.25) is 0 Å². The van der Waals surface area contributed by atoms with E-state index in [9.17, 15) is 18.0 Å². The highest BCUT2D eigenvalue weighted by atomic mass is 32.2. The molecule has 3 rings (SSSR count). The van der Waals surface area contributed by atoms with Crippen molar-refractivity contribution >= 4 is 21.8 Å². The highest BCUT2D eigenvalue weighted by Crippen LogP contribution is 2.27. The number of nitrogens with one attached hydrogen (secondary N) is 1. The first-order chi connectivity index (χ1) is 15.1. The van der Waals surface area contributed by atoms with Gasteiger partial charge in [-0.25, -0.2) is 8.42 Å². The Morgan fingerprint density at radius 2 is 1.69 bits per heavy atom. The third kappa shape index (κ3) is 5.19. The Labute approximate surface area is 190 Å². The first kappa shape index (κ1) is 23.9. The maximum atomic E-state index is 13.1. The molecule has 2 aromatic carbocycles. The second-order valence-electron chi connectivity index (χ2n) is 8.42. The van der Waals surface area contributed by atoms with E-state index in [1.807, 2.05) is 38.1 Å². The van der Waals surface area contributed by atoms with Gasteiger partial charge in [-0.1, -0.05) is 29.8 Å². The highest BCUT2D eigenvalue weighted by Gasteiger charge is 2.33. The summed E-state index contributed by atoms with van der Waals surface area (Å²) in [5, 5.41) is 2.58. The molecule has 0 saturated carbocycles. The third-order valence-corrected chi connectivity index (χ3v) is 8.05. The number of sulfonamides is 1. The quantitative estimate of drug-likeness (QED) is 0.723. The van der Waals surface area contributed by atoms with Crippen LogP contribution in [0, 0.1) is 19.8 Å². The van der Waals surface area contributed by atoms with Crippen molar-refractivity contribution in [2.45, 2.75) is 38.1 Å². The standard InChI is InChI=1S/C24H31N3O4S/c1-17-5-10-22(18(2)15-17)32(30,31)27-13-11-21(12-14-27)24(29)26(4)16-19-6-8-20(9-7-19)23(28)25-3/h5-10,15,21H,11-14,16H2,1-4H3,(H,25,28). The predicted octanol–water partition coefficient (Wildman–Crippen LogP) is 2.72. The summed E-state index contributed by atoms with van der Waals surface area (Å²) in [4.78, 5) is 26.6. The number of aryl methyl sites for hydroxylation is 2. The van der Waals surface area contributed by atoms with Gasteiger partial charge in [0.15, 0.2) is 0 Å². The van der Waals surface area contributed by atoms with E-state index in [1.165, 1.54) is 4.31 Å². The number of rotatable bonds is 6. The van der Waals surface area contributed by atoms with Gasteiger partial charge < -0.3 is 10.2 Å². The molecule has 1 saturated heterocycles. The van der Waals surface area contributed by atoms with Crippen LogP contribution in [-0.2, 0) is 21.4 Å². The second kappa shape index (κ2) is 9.83. The zero-order chi connectivity index (χ0) is 23.5. The number of nitrogens with zero attached hydrogens (tertiary/aromatic N) is 2. The summed E-state index contributed by atoms with van der Waals surface area (Å²) < 4.78 is 27.6. The normalized spacial score (nSPS) is 15.4. The molecule has 8 heteroatoms. The Kier molecular flexibility index (Phi) is 7.36. The fourth-order valence-corrected chi connectivity index (χ4v) is 5.82. The minimum Gasteiger partial charge on any atom is -0.355 e. The fraction of sp³-hybridized carbons (Fsp3) is 0.417. The SMILES string of the molecule is CNC(=O)c1ccc(CN(C)C(=O)C2CCN(S(=O)(=O)c3ccc(C)cc3C)CC2)cc1. The number of hydrogen-bond donors (Lipinski definition) is 1. The zero-order valence-electron chi connectivity index (χ0n) is 19.1. The molecule has 0 bridgehead atoms. The number of benzene rings is 2. The van der Waals surface area contributed by atoms with Gasteiger partial charge in [-0.3, -0.25) is 9.59 Å². The van der Waals surface area contributed by atoms with E-state index in [4.69, 9.17) is 0 Å². The molecule has 0 radical (unpaired) electrons. The molecule has 0 aromatic heterocycles.